The molecule has 0 amide bonds. The summed E-state index contributed by atoms with van der Waals surface area (Å²) in [5.74, 6) is -0.116. The standard InChI is InChI=1S/C8H10FN3O/c1-5-7(9)8(11-4-10-5)12-6-2-13-3-6/h4,6H,2-3H2,1H3,(H,10,11,12). The van der Waals surface area contributed by atoms with Crippen molar-refractivity contribution in [2.75, 3.05) is 18.5 Å². The van der Waals surface area contributed by atoms with Crippen LogP contribution in [0.25, 0.3) is 0 Å². The SMILES string of the molecule is Cc1ncnc(NC2COC2)c1F. The van der Waals surface area contributed by atoms with Gasteiger partial charge in [-0.05, 0) is 6.92 Å². The molecule has 0 saturated carbocycles. The maximum absolute atomic E-state index is 13.3. The Hall–Kier alpha value is -1.23. The van der Waals surface area contributed by atoms with Gasteiger partial charge in [-0.3, -0.25) is 0 Å². The molecule has 1 saturated heterocycles. The first-order valence-corrected chi connectivity index (χ1v) is 4.09. The zero-order chi connectivity index (χ0) is 9.26. The summed E-state index contributed by atoms with van der Waals surface area (Å²) in [5.41, 5.74) is 0.359. The maximum atomic E-state index is 13.3. The predicted molar refractivity (Wildman–Crippen MR) is 45.0 cm³/mol. The summed E-state index contributed by atoms with van der Waals surface area (Å²) >= 11 is 0. The summed E-state index contributed by atoms with van der Waals surface area (Å²) in [6.07, 6.45) is 1.35. The smallest absolute Gasteiger partial charge is 0.186 e. The van der Waals surface area contributed by atoms with Gasteiger partial charge in [0.05, 0.1) is 24.9 Å². The summed E-state index contributed by atoms with van der Waals surface area (Å²) < 4.78 is 18.2. The lowest BCUT2D eigenvalue weighted by Crippen LogP contribution is -2.40. The molecule has 1 aromatic heterocycles. The molecular weight excluding hydrogens is 173 g/mol. The average molecular weight is 183 g/mol. The number of halogens is 1. The Balaban J connectivity index is 2.14. The van der Waals surface area contributed by atoms with Gasteiger partial charge in [-0.2, -0.15) is 0 Å². The fraction of sp³-hybridized carbons (Fsp3) is 0.500. The highest BCUT2D eigenvalue weighted by Gasteiger charge is 2.20. The largest absolute Gasteiger partial charge is 0.377 e. The van der Waals surface area contributed by atoms with E-state index in [9.17, 15) is 4.39 Å². The first kappa shape index (κ1) is 8.37. The molecule has 4 nitrogen and oxygen atoms in total. The van der Waals surface area contributed by atoms with Crippen LogP contribution in [0.3, 0.4) is 0 Å². The Morgan fingerprint density at radius 2 is 2.31 bits per heavy atom. The van der Waals surface area contributed by atoms with Gasteiger partial charge in [0.2, 0.25) is 0 Å². The molecule has 0 bridgehead atoms. The molecule has 0 radical (unpaired) electrons. The molecule has 0 aliphatic carbocycles. The number of hydrogen-bond acceptors (Lipinski definition) is 4. The second-order valence-electron chi connectivity index (χ2n) is 3.00. The molecule has 1 N–H and O–H groups in total. The minimum atomic E-state index is -0.380. The summed E-state index contributed by atoms with van der Waals surface area (Å²) in [4.78, 5) is 7.54. The number of nitrogens with one attached hydrogen (secondary N) is 1. The highest BCUT2D eigenvalue weighted by molar-refractivity contribution is 5.38. The lowest BCUT2D eigenvalue weighted by Gasteiger charge is -2.27. The van der Waals surface area contributed by atoms with Crippen molar-refractivity contribution in [3.05, 3.63) is 17.8 Å². The van der Waals surface area contributed by atoms with E-state index in [1.165, 1.54) is 6.33 Å². The quantitative estimate of drug-likeness (QED) is 0.734. The monoisotopic (exact) mass is 183 g/mol. The molecular formula is C8H10FN3O. The van der Waals surface area contributed by atoms with Crippen LogP contribution in [0.5, 0.6) is 0 Å². The predicted octanol–water partition coefficient (Wildman–Crippen LogP) is 0.735. The molecule has 2 rings (SSSR count). The molecule has 1 aliphatic heterocycles. The number of aryl methyl sites for hydroxylation is 1. The zero-order valence-corrected chi connectivity index (χ0v) is 7.25. The van der Waals surface area contributed by atoms with Gasteiger partial charge in [-0.25, -0.2) is 14.4 Å². The molecule has 13 heavy (non-hydrogen) atoms. The lowest BCUT2D eigenvalue weighted by molar-refractivity contribution is 0.0208. The lowest BCUT2D eigenvalue weighted by atomic mass is 10.2. The maximum Gasteiger partial charge on any atom is 0.186 e. The Labute approximate surface area is 75.2 Å². The van der Waals surface area contributed by atoms with Crippen LogP contribution in [0.15, 0.2) is 6.33 Å². The van der Waals surface area contributed by atoms with Crippen LogP contribution >= 0.6 is 0 Å². The van der Waals surface area contributed by atoms with Crippen molar-refractivity contribution in [3.8, 4) is 0 Å². The van der Waals surface area contributed by atoms with Crippen LogP contribution in [0.4, 0.5) is 10.2 Å². The fourth-order valence-electron chi connectivity index (χ4n) is 1.07. The van der Waals surface area contributed by atoms with Crippen LogP contribution in [0, 0.1) is 12.7 Å². The van der Waals surface area contributed by atoms with E-state index in [1.54, 1.807) is 6.92 Å². The van der Waals surface area contributed by atoms with Gasteiger partial charge in [-0.15, -0.1) is 0 Å². The highest BCUT2D eigenvalue weighted by atomic mass is 19.1. The average Bonchev–Trinajstić information content (AvgIpc) is 2.04. The van der Waals surface area contributed by atoms with Gasteiger partial charge >= 0.3 is 0 Å². The van der Waals surface area contributed by atoms with Crippen molar-refractivity contribution in [1.82, 2.24) is 9.97 Å². The third-order valence-corrected chi connectivity index (χ3v) is 1.94. The van der Waals surface area contributed by atoms with Crippen LogP contribution in [-0.2, 0) is 4.74 Å². The number of hydrogen-bond donors (Lipinski definition) is 1. The van der Waals surface area contributed by atoms with E-state index in [0.717, 1.165) is 0 Å². The van der Waals surface area contributed by atoms with Gasteiger partial charge in [0.25, 0.3) is 0 Å². The van der Waals surface area contributed by atoms with Gasteiger partial charge in [-0.1, -0.05) is 0 Å². The summed E-state index contributed by atoms with van der Waals surface area (Å²) in [7, 11) is 0. The van der Waals surface area contributed by atoms with Gasteiger partial charge in [0.15, 0.2) is 11.6 Å². The molecule has 70 valence electrons. The molecule has 1 aliphatic rings. The third kappa shape index (κ3) is 1.60. The topological polar surface area (TPSA) is 47.0 Å². The van der Waals surface area contributed by atoms with Gasteiger partial charge < -0.3 is 10.1 Å². The van der Waals surface area contributed by atoms with Crippen LogP contribution in [-0.4, -0.2) is 29.2 Å². The first-order valence-electron chi connectivity index (χ1n) is 4.09. The second-order valence-corrected chi connectivity index (χ2v) is 3.00. The number of aromatic nitrogens is 2. The number of rotatable bonds is 2. The molecule has 0 aromatic carbocycles. The normalized spacial score (nSPS) is 16.8. The summed E-state index contributed by atoms with van der Waals surface area (Å²) in [6, 6.07) is 0.184. The highest BCUT2D eigenvalue weighted by Crippen LogP contribution is 2.15. The third-order valence-electron chi connectivity index (χ3n) is 1.94. The van der Waals surface area contributed by atoms with Crippen molar-refractivity contribution < 1.29 is 9.13 Å². The van der Waals surface area contributed by atoms with Gasteiger partial charge in [0, 0.05) is 0 Å². The zero-order valence-electron chi connectivity index (χ0n) is 7.25. The second kappa shape index (κ2) is 3.26. The Morgan fingerprint density at radius 1 is 1.54 bits per heavy atom. The van der Waals surface area contributed by atoms with Crippen molar-refractivity contribution in [2.24, 2.45) is 0 Å². The Morgan fingerprint density at radius 3 is 2.92 bits per heavy atom. The summed E-state index contributed by atoms with van der Waals surface area (Å²) in [6.45, 7) is 2.84. The van der Waals surface area contributed by atoms with Gasteiger partial charge in [0.1, 0.15) is 6.33 Å². The minimum absolute atomic E-state index is 0.184. The fourth-order valence-corrected chi connectivity index (χ4v) is 1.07. The molecule has 0 atom stereocenters. The van der Waals surface area contributed by atoms with Crippen molar-refractivity contribution in [1.29, 1.82) is 0 Å². The van der Waals surface area contributed by atoms with Crippen molar-refractivity contribution in [2.45, 2.75) is 13.0 Å². The Bertz CT molecular complexity index is 314. The molecule has 0 unspecified atom stereocenters. The van der Waals surface area contributed by atoms with E-state index < -0.39 is 0 Å². The van der Waals surface area contributed by atoms with E-state index >= 15 is 0 Å². The van der Waals surface area contributed by atoms with E-state index in [4.69, 9.17) is 4.74 Å². The van der Waals surface area contributed by atoms with E-state index in [-0.39, 0.29) is 17.7 Å². The van der Waals surface area contributed by atoms with Crippen LogP contribution in [0.1, 0.15) is 5.69 Å². The molecule has 0 spiro atoms. The van der Waals surface area contributed by atoms with Crippen molar-refractivity contribution >= 4 is 5.82 Å². The Kier molecular flexibility index (Phi) is 2.10. The first-order chi connectivity index (χ1) is 6.27. The number of nitrogens with zero attached hydrogens (tertiary/aromatic N) is 2. The molecule has 5 heteroatoms. The number of anilines is 1. The van der Waals surface area contributed by atoms with Crippen molar-refractivity contribution in [3.63, 3.8) is 0 Å². The van der Waals surface area contributed by atoms with Crippen LogP contribution < -0.4 is 5.32 Å². The van der Waals surface area contributed by atoms with Crippen LogP contribution in [0.2, 0.25) is 0 Å². The van der Waals surface area contributed by atoms with E-state index in [1.807, 2.05) is 0 Å². The molecule has 1 fully saturated rings. The molecule has 2 heterocycles. The molecule has 1 aromatic rings. The summed E-state index contributed by atoms with van der Waals surface area (Å²) in [5, 5.41) is 2.94. The number of ether oxygens (including phenoxy) is 1. The van der Waals surface area contributed by atoms with E-state index in [2.05, 4.69) is 15.3 Å². The minimum Gasteiger partial charge on any atom is -0.377 e. The van der Waals surface area contributed by atoms with E-state index in [0.29, 0.717) is 18.9 Å².